The topological polar surface area (TPSA) is 18.5 Å². The van der Waals surface area contributed by atoms with E-state index in [1.54, 1.807) is 0 Å². The summed E-state index contributed by atoms with van der Waals surface area (Å²) in [4.78, 5) is 0. The van der Waals surface area contributed by atoms with E-state index in [1.807, 2.05) is 36.4 Å². The fraction of sp³-hybridized carbons (Fsp3) is 0.333. The maximum Gasteiger partial charge on any atom is 0.119 e. The van der Waals surface area contributed by atoms with Gasteiger partial charge in [0.2, 0.25) is 0 Å². The van der Waals surface area contributed by atoms with Gasteiger partial charge >= 0.3 is 0 Å². The highest BCUT2D eigenvalue weighted by molar-refractivity contribution is 5.64. The maximum atomic E-state index is 5.77. The summed E-state index contributed by atoms with van der Waals surface area (Å²) < 4.78 is 11.5. The second kappa shape index (κ2) is 12.0. The van der Waals surface area contributed by atoms with Crippen LogP contribution in [0.5, 0.6) is 11.5 Å². The minimum atomic E-state index is 0.756. The maximum absolute atomic E-state index is 5.77. The zero-order valence-corrected chi connectivity index (χ0v) is 15.7. The van der Waals surface area contributed by atoms with Gasteiger partial charge in [-0.1, -0.05) is 36.4 Å². The third-order valence-corrected chi connectivity index (χ3v) is 4.18. The summed E-state index contributed by atoms with van der Waals surface area (Å²) in [6.45, 7) is 8.98. The standard InChI is InChI=1S/C24H30O2/c1-3-5-7-9-19-25-23-15-11-21(12-16-23)22-13-17-24(18-14-22)26-20-10-8-6-4-2/h3-4,11-18H,1-2,5-10,19-20H2. The van der Waals surface area contributed by atoms with Crippen molar-refractivity contribution in [2.75, 3.05) is 13.2 Å². The molecule has 0 aliphatic heterocycles. The van der Waals surface area contributed by atoms with Crippen LogP contribution in [0.1, 0.15) is 38.5 Å². The Morgan fingerprint density at radius 3 is 1.31 bits per heavy atom. The smallest absolute Gasteiger partial charge is 0.119 e. The quantitative estimate of drug-likeness (QED) is 0.291. The van der Waals surface area contributed by atoms with Crippen LogP contribution in [0.2, 0.25) is 0 Å². The molecule has 0 saturated heterocycles. The Bertz CT molecular complexity index is 581. The lowest BCUT2D eigenvalue weighted by Crippen LogP contribution is -1.97. The van der Waals surface area contributed by atoms with Gasteiger partial charge in [-0.15, -0.1) is 13.2 Å². The minimum Gasteiger partial charge on any atom is -0.494 e. The monoisotopic (exact) mass is 350 g/mol. The molecule has 2 nitrogen and oxygen atoms in total. The first-order valence-corrected chi connectivity index (χ1v) is 9.51. The highest BCUT2D eigenvalue weighted by Crippen LogP contribution is 2.25. The molecule has 2 aromatic rings. The van der Waals surface area contributed by atoms with Crippen LogP contribution in [0.3, 0.4) is 0 Å². The van der Waals surface area contributed by atoms with E-state index in [0.717, 1.165) is 63.2 Å². The number of ether oxygens (including phenoxy) is 2. The van der Waals surface area contributed by atoms with Crippen molar-refractivity contribution in [1.29, 1.82) is 0 Å². The summed E-state index contributed by atoms with van der Waals surface area (Å²) in [6, 6.07) is 16.5. The molecule has 26 heavy (non-hydrogen) atoms. The molecule has 0 heterocycles. The van der Waals surface area contributed by atoms with Gasteiger partial charge in [0.1, 0.15) is 11.5 Å². The largest absolute Gasteiger partial charge is 0.494 e. The molecule has 2 heteroatoms. The molecule has 0 spiro atoms. The van der Waals surface area contributed by atoms with Gasteiger partial charge in [-0.25, -0.2) is 0 Å². The van der Waals surface area contributed by atoms with Crippen molar-refractivity contribution in [3.8, 4) is 22.6 Å². The van der Waals surface area contributed by atoms with Gasteiger partial charge in [0.15, 0.2) is 0 Å². The van der Waals surface area contributed by atoms with Crippen LogP contribution in [0.4, 0.5) is 0 Å². The zero-order chi connectivity index (χ0) is 18.5. The molecule has 2 aromatic carbocycles. The summed E-state index contributed by atoms with van der Waals surface area (Å²) in [7, 11) is 0. The molecular formula is C24H30O2. The van der Waals surface area contributed by atoms with E-state index in [9.17, 15) is 0 Å². The third-order valence-electron chi connectivity index (χ3n) is 4.18. The SMILES string of the molecule is C=CCCCCOc1ccc(-c2ccc(OCCCCC=C)cc2)cc1. The average molecular weight is 351 g/mol. The minimum absolute atomic E-state index is 0.756. The van der Waals surface area contributed by atoms with Gasteiger partial charge in [0.25, 0.3) is 0 Å². The van der Waals surface area contributed by atoms with E-state index < -0.39 is 0 Å². The van der Waals surface area contributed by atoms with Gasteiger partial charge in [-0.3, -0.25) is 0 Å². The Labute approximate surface area is 158 Å². The number of hydrogen-bond donors (Lipinski definition) is 0. The third kappa shape index (κ3) is 7.18. The van der Waals surface area contributed by atoms with Crippen molar-refractivity contribution in [2.45, 2.75) is 38.5 Å². The Morgan fingerprint density at radius 1 is 0.577 bits per heavy atom. The van der Waals surface area contributed by atoms with Gasteiger partial charge in [-0.2, -0.15) is 0 Å². The second-order valence-corrected chi connectivity index (χ2v) is 6.31. The van der Waals surface area contributed by atoms with E-state index in [1.165, 1.54) is 11.1 Å². The molecular weight excluding hydrogens is 320 g/mol. The van der Waals surface area contributed by atoms with Crippen LogP contribution in [-0.4, -0.2) is 13.2 Å². The molecule has 0 aliphatic carbocycles. The number of rotatable bonds is 13. The van der Waals surface area contributed by atoms with Gasteiger partial charge in [0, 0.05) is 0 Å². The summed E-state index contributed by atoms with van der Waals surface area (Å²) in [6.07, 6.45) is 10.4. The molecule has 0 aromatic heterocycles. The summed E-state index contributed by atoms with van der Waals surface area (Å²) in [5, 5.41) is 0. The number of hydrogen-bond acceptors (Lipinski definition) is 2. The lowest BCUT2D eigenvalue weighted by molar-refractivity contribution is 0.307. The van der Waals surface area contributed by atoms with Crippen molar-refractivity contribution >= 4 is 0 Å². The van der Waals surface area contributed by atoms with Crippen LogP contribution in [-0.2, 0) is 0 Å². The van der Waals surface area contributed by atoms with Crippen LogP contribution in [0, 0.1) is 0 Å². The highest BCUT2D eigenvalue weighted by atomic mass is 16.5. The predicted molar refractivity (Wildman–Crippen MR) is 111 cm³/mol. The number of allylic oxidation sites excluding steroid dienone is 2. The Balaban J connectivity index is 1.79. The second-order valence-electron chi connectivity index (χ2n) is 6.31. The Hall–Kier alpha value is -2.48. The van der Waals surface area contributed by atoms with Crippen LogP contribution < -0.4 is 9.47 Å². The summed E-state index contributed by atoms with van der Waals surface area (Å²) in [5.74, 6) is 1.85. The molecule has 0 atom stereocenters. The van der Waals surface area contributed by atoms with E-state index in [4.69, 9.17) is 9.47 Å². The molecule has 0 N–H and O–H groups in total. The van der Waals surface area contributed by atoms with E-state index in [-0.39, 0.29) is 0 Å². The fourth-order valence-electron chi connectivity index (χ4n) is 2.65. The number of unbranched alkanes of at least 4 members (excludes halogenated alkanes) is 4. The molecule has 0 saturated carbocycles. The van der Waals surface area contributed by atoms with Gasteiger partial charge in [-0.05, 0) is 73.9 Å². The van der Waals surface area contributed by atoms with Crippen molar-refractivity contribution in [3.05, 3.63) is 73.8 Å². The highest BCUT2D eigenvalue weighted by Gasteiger charge is 2.01. The average Bonchev–Trinajstić information content (AvgIpc) is 2.69. The van der Waals surface area contributed by atoms with E-state index >= 15 is 0 Å². The molecule has 0 unspecified atom stereocenters. The number of benzene rings is 2. The predicted octanol–water partition coefficient (Wildman–Crippen LogP) is 6.82. The molecule has 138 valence electrons. The van der Waals surface area contributed by atoms with Crippen LogP contribution in [0.15, 0.2) is 73.8 Å². The summed E-state index contributed by atoms with van der Waals surface area (Å²) >= 11 is 0. The van der Waals surface area contributed by atoms with Gasteiger partial charge < -0.3 is 9.47 Å². The summed E-state index contributed by atoms with van der Waals surface area (Å²) in [5.41, 5.74) is 2.36. The van der Waals surface area contributed by atoms with E-state index in [2.05, 4.69) is 37.4 Å². The van der Waals surface area contributed by atoms with Crippen molar-refractivity contribution in [2.24, 2.45) is 0 Å². The molecule has 0 bridgehead atoms. The Morgan fingerprint density at radius 2 is 0.962 bits per heavy atom. The molecule has 0 radical (unpaired) electrons. The normalized spacial score (nSPS) is 10.3. The molecule has 0 fully saturated rings. The first-order valence-electron chi connectivity index (χ1n) is 9.51. The molecule has 0 aliphatic rings. The van der Waals surface area contributed by atoms with Crippen molar-refractivity contribution in [3.63, 3.8) is 0 Å². The fourth-order valence-corrected chi connectivity index (χ4v) is 2.65. The first-order chi connectivity index (χ1) is 12.8. The lowest BCUT2D eigenvalue weighted by Gasteiger charge is -2.09. The van der Waals surface area contributed by atoms with Crippen LogP contribution in [0.25, 0.3) is 11.1 Å². The van der Waals surface area contributed by atoms with Gasteiger partial charge in [0.05, 0.1) is 13.2 Å². The van der Waals surface area contributed by atoms with Crippen molar-refractivity contribution in [1.82, 2.24) is 0 Å². The van der Waals surface area contributed by atoms with E-state index in [0.29, 0.717) is 0 Å². The zero-order valence-electron chi connectivity index (χ0n) is 15.7. The van der Waals surface area contributed by atoms with Crippen molar-refractivity contribution < 1.29 is 9.47 Å². The lowest BCUT2D eigenvalue weighted by atomic mass is 10.1. The first kappa shape index (κ1) is 19.8. The molecule has 2 rings (SSSR count). The van der Waals surface area contributed by atoms with Crippen LogP contribution >= 0.6 is 0 Å². The molecule has 0 amide bonds. The Kier molecular flexibility index (Phi) is 9.13.